The van der Waals surface area contributed by atoms with Crippen molar-refractivity contribution in [1.29, 1.82) is 0 Å². The number of aromatic nitrogens is 1. The normalized spacial score (nSPS) is 20.4. The van der Waals surface area contributed by atoms with Crippen molar-refractivity contribution in [3.8, 4) is 0 Å². The molecule has 8 nitrogen and oxygen atoms in total. The molecule has 130 valence electrons. The van der Waals surface area contributed by atoms with Crippen molar-refractivity contribution in [1.82, 2.24) is 10.1 Å². The maximum atomic E-state index is 12.2. The van der Waals surface area contributed by atoms with E-state index in [2.05, 4.69) is 15.5 Å². The van der Waals surface area contributed by atoms with Crippen molar-refractivity contribution in [3.05, 3.63) is 47.3 Å². The molecule has 2 aromatic rings. The first-order chi connectivity index (χ1) is 11.8. The van der Waals surface area contributed by atoms with Gasteiger partial charge in [-0.2, -0.15) is 0 Å². The number of aliphatic imine (C=N–C) groups is 1. The highest BCUT2D eigenvalue weighted by Crippen LogP contribution is 2.34. The Morgan fingerprint density at radius 3 is 2.80 bits per heavy atom. The van der Waals surface area contributed by atoms with Crippen LogP contribution in [0.4, 0.5) is 5.69 Å². The zero-order valence-electron chi connectivity index (χ0n) is 14.2. The van der Waals surface area contributed by atoms with Gasteiger partial charge in [-0.15, -0.1) is 0 Å². The molecule has 2 heterocycles. The van der Waals surface area contributed by atoms with Crippen LogP contribution in [0.2, 0.25) is 0 Å². The van der Waals surface area contributed by atoms with Gasteiger partial charge in [0.05, 0.1) is 12.0 Å². The van der Waals surface area contributed by atoms with Crippen LogP contribution >= 0.6 is 0 Å². The number of carbonyl (C=O) groups excluding carboxylic acids is 2. The molecule has 8 heteroatoms. The van der Waals surface area contributed by atoms with Gasteiger partial charge in [0.15, 0.2) is 11.7 Å². The van der Waals surface area contributed by atoms with Gasteiger partial charge in [0.25, 0.3) is 5.91 Å². The second-order valence-corrected chi connectivity index (χ2v) is 6.23. The lowest BCUT2D eigenvalue weighted by atomic mass is 9.87. The number of rotatable bonds is 3. The van der Waals surface area contributed by atoms with Crippen molar-refractivity contribution >= 4 is 23.5 Å². The molecule has 0 bridgehead atoms. The third-order valence-corrected chi connectivity index (χ3v) is 4.18. The lowest BCUT2D eigenvalue weighted by molar-refractivity contribution is -0.128. The zero-order valence-corrected chi connectivity index (χ0v) is 14.2. The van der Waals surface area contributed by atoms with Gasteiger partial charge in [-0.25, -0.2) is 4.99 Å². The lowest BCUT2D eigenvalue weighted by Gasteiger charge is -2.33. The predicted molar refractivity (Wildman–Crippen MR) is 92.0 cm³/mol. The second kappa shape index (κ2) is 6.04. The van der Waals surface area contributed by atoms with Crippen LogP contribution in [-0.4, -0.2) is 34.9 Å². The van der Waals surface area contributed by atoms with E-state index in [-0.39, 0.29) is 29.9 Å². The summed E-state index contributed by atoms with van der Waals surface area (Å²) in [5.41, 5.74) is 6.62. The number of benzene rings is 1. The SMILES string of the molecule is Cc1cc(C(=O)Nc2cccc([C@]3(C)CC(=O)N(C)C(N)=N3)c2)no1. The summed E-state index contributed by atoms with van der Waals surface area (Å²) < 4.78 is 4.91. The Morgan fingerprint density at radius 1 is 1.40 bits per heavy atom. The van der Waals surface area contributed by atoms with E-state index in [0.717, 1.165) is 5.56 Å². The van der Waals surface area contributed by atoms with Crippen molar-refractivity contribution in [2.24, 2.45) is 10.7 Å². The zero-order chi connectivity index (χ0) is 18.2. The Hall–Kier alpha value is -3.16. The number of hydrogen-bond donors (Lipinski definition) is 2. The van der Waals surface area contributed by atoms with E-state index in [4.69, 9.17) is 10.3 Å². The maximum Gasteiger partial charge on any atom is 0.277 e. The number of amides is 2. The molecule has 0 aliphatic carbocycles. The molecule has 3 N–H and O–H groups in total. The summed E-state index contributed by atoms with van der Waals surface area (Å²) in [7, 11) is 1.59. The van der Waals surface area contributed by atoms with Gasteiger partial charge in [-0.1, -0.05) is 17.3 Å². The second-order valence-electron chi connectivity index (χ2n) is 6.23. The molecule has 1 atom stereocenters. The Balaban J connectivity index is 1.87. The van der Waals surface area contributed by atoms with Crippen LogP contribution in [0.3, 0.4) is 0 Å². The van der Waals surface area contributed by atoms with Crippen LogP contribution in [-0.2, 0) is 10.3 Å². The standard InChI is InChI=1S/C17H19N5O3/c1-10-7-13(21-25-10)15(24)19-12-6-4-5-11(8-12)17(2)9-14(23)22(3)16(18)20-17/h4-8H,9H2,1-3H3,(H2,18,20)(H,19,24)/t17-/m0/s1. The highest BCUT2D eigenvalue weighted by molar-refractivity contribution is 6.03. The molecule has 0 radical (unpaired) electrons. The number of nitrogens with two attached hydrogens (primary N) is 1. The summed E-state index contributed by atoms with van der Waals surface area (Å²) in [4.78, 5) is 30.1. The minimum Gasteiger partial charge on any atom is -0.369 e. The fourth-order valence-corrected chi connectivity index (χ4v) is 2.68. The van der Waals surface area contributed by atoms with E-state index in [1.165, 1.54) is 4.90 Å². The summed E-state index contributed by atoms with van der Waals surface area (Å²) in [6.07, 6.45) is 0.198. The molecular weight excluding hydrogens is 322 g/mol. The highest BCUT2D eigenvalue weighted by atomic mass is 16.5. The fraction of sp³-hybridized carbons (Fsp3) is 0.294. The summed E-state index contributed by atoms with van der Waals surface area (Å²) in [5, 5.41) is 6.45. The minimum atomic E-state index is -0.779. The third kappa shape index (κ3) is 3.23. The van der Waals surface area contributed by atoms with Gasteiger partial charge in [-0.3, -0.25) is 14.5 Å². The average molecular weight is 341 g/mol. The number of anilines is 1. The molecule has 1 aromatic carbocycles. The molecule has 25 heavy (non-hydrogen) atoms. The highest BCUT2D eigenvalue weighted by Gasteiger charge is 2.36. The Kier molecular flexibility index (Phi) is 4.03. The monoisotopic (exact) mass is 341 g/mol. The fourth-order valence-electron chi connectivity index (χ4n) is 2.68. The lowest BCUT2D eigenvalue weighted by Crippen LogP contribution is -2.47. The first-order valence-electron chi connectivity index (χ1n) is 7.75. The first kappa shape index (κ1) is 16.7. The first-order valence-corrected chi connectivity index (χ1v) is 7.75. The average Bonchev–Trinajstić information content (AvgIpc) is 2.99. The van der Waals surface area contributed by atoms with Crippen LogP contribution in [0.25, 0.3) is 0 Å². The Bertz CT molecular complexity index is 873. The quantitative estimate of drug-likeness (QED) is 0.880. The summed E-state index contributed by atoms with van der Waals surface area (Å²) in [5.74, 6) is 0.247. The van der Waals surface area contributed by atoms with Gasteiger partial charge in [0.2, 0.25) is 5.91 Å². The molecule has 0 saturated heterocycles. The summed E-state index contributed by atoms with van der Waals surface area (Å²) in [6, 6.07) is 8.73. The van der Waals surface area contributed by atoms with E-state index in [9.17, 15) is 9.59 Å². The molecule has 1 aromatic heterocycles. The topological polar surface area (TPSA) is 114 Å². The molecular formula is C17H19N5O3. The Morgan fingerprint density at radius 2 is 2.16 bits per heavy atom. The van der Waals surface area contributed by atoms with Crippen molar-refractivity contribution in [2.45, 2.75) is 25.8 Å². The van der Waals surface area contributed by atoms with E-state index < -0.39 is 5.54 Å². The van der Waals surface area contributed by atoms with Gasteiger partial charge in [0, 0.05) is 18.8 Å². The summed E-state index contributed by atoms with van der Waals surface area (Å²) in [6.45, 7) is 3.55. The molecule has 2 amide bonds. The van der Waals surface area contributed by atoms with Crippen molar-refractivity contribution < 1.29 is 14.1 Å². The number of aryl methyl sites for hydroxylation is 1. The summed E-state index contributed by atoms with van der Waals surface area (Å²) >= 11 is 0. The van der Waals surface area contributed by atoms with Gasteiger partial charge >= 0.3 is 0 Å². The number of nitrogens with zero attached hydrogens (tertiary/aromatic N) is 3. The van der Waals surface area contributed by atoms with Crippen molar-refractivity contribution in [2.75, 3.05) is 12.4 Å². The molecule has 3 rings (SSSR count). The van der Waals surface area contributed by atoms with Gasteiger partial charge < -0.3 is 15.6 Å². The van der Waals surface area contributed by atoms with Crippen LogP contribution in [0.15, 0.2) is 39.8 Å². The van der Waals surface area contributed by atoms with Gasteiger partial charge in [-0.05, 0) is 31.5 Å². The number of carbonyl (C=O) groups is 2. The molecule has 1 aliphatic heterocycles. The van der Waals surface area contributed by atoms with Crippen LogP contribution in [0, 0.1) is 6.92 Å². The molecule has 0 unspecified atom stereocenters. The minimum absolute atomic E-state index is 0.109. The molecule has 1 aliphatic rings. The molecule has 0 spiro atoms. The largest absolute Gasteiger partial charge is 0.369 e. The number of nitrogens with one attached hydrogen (secondary N) is 1. The smallest absolute Gasteiger partial charge is 0.277 e. The third-order valence-electron chi connectivity index (χ3n) is 4.18. The predicted octanol–water partition coefficient (Wildman–Crippen LogP) is 1.63. The van der Waals surface area contributed by atoms with E-state index in [0.29, 0.717) is 11.4 Å². The van der Waals surface area contributed by atoms with Crippen LogP contribution < -0.4 is 11.1 Å². The Labute approximate surface area is 144 Å². The number of hydrogen-bond acceptors (Lipinski definition) is 6. The van der Waals surface area contributed by atoms with E-state index in [1.807, 2.05) is 13.0 Å². The van der Waals surface area contributed by atoms with E-state index in [1.54, 1.807) is 38.2 Å². The van der Waals surface area contributed by atoms with E-state index >= 15 is 0 Å². The van der Waals surface area contributed by atoms with Crippen LogP contribution in [0.1, 0.15) is 35.2 Å². The van der Waals surface area contributed by atoms with Crippen LogP contribution in [0.5, 0.6) is 0 Å². The molecule has 0 fully saturated rings. The maximum absolute atomic E-state index is 12.2. The molecule has 0 saturated carbocycles. The number of guanidine groups is 1. The van der Waals surface area contributed by atoms with Gasteiger partial charge in [0.1, 0.15) is 5.76 Å². The van der Waals surface area contributed by atoms with Crippen molar-refractivity contribution in [3.63, 3.8) is 0 Å².